The number of rotatable bonds is 6. The van der Waals surface area contributed by atoms with Gasteiger partial charge in [0.2, 0.25) is 11.8 Å². The van der Waals surface area contributed by atoms with Crippen LogP contribution in [-0.2, 0) is 16.1 Å². The molecule has 1 aliphatic heterocycles. The quantitative estimate of drug-likeness (QED) is 0.886. The van der Waals surface area contributed by atoms with Crippen molar-refractivity contribution >= 4 is 22.8 Å². The first-order chi connectivity index (χ1) is 11.6. The monoisotopic (exact) mass is 328 g/mol. The lowest BCUT2D eigenvalue weighted by atomic mass is 10.1. The Morgan fingerprint density at radius 3 is 2.79 bits per heavy atom. The highest BCUT2D eigenvalue weighted by molar-refractivity contribution is 5.89. The molecule has 128 valence electrons. The van der Waals surface area contributed by atoms with Gasteiger partial charge in [0.05, 0.1) is 12.5 Å². The molecule has 1 unspecified atom stereocenters. The van der Waals surface area contributed by atoms with Crippen LogP contribution in [0, 0.1) is 5.92 Å². The zero-order chi connectivity index (χ0) is 17.1. The number of carbonyl (C=O) groups is 2. The molecule has 5 nitrogen and oxygen atoms in total. The van der Waals surface area contributed by atoms with Crippen molar-refractivity contribution in [1.29, 1.82) is 0 Å². The van der Waals surface area contributed by atoms with Gasteiger partial charge in [-0.2, -0.15) is 0 Å². The molecule has 2 aromatic rings. The highest BCUT2D eigenvalue weighted by Gasteiger charge is 2.36. The van der Waals surface area contributed by atoms with Crippen LogP contribution in [0.5, 0.6) is 0 Å². The molecule has 3 rings (SSSR count). The molecule has 0 spiro atoms. The van der Waals surface area contributed by atoms with Crippen molar-refractivity contribution in [2.24, 2.45) is 5.92 Å². The van der Waals surface area contributed by atoms with Crippen molar-refractivity contribution in [1.82, 2.24) is 10.2 Å². The Kier molecular flexibility index (Phi) is 4.88. The number of hydrogen-bond donors (Lipinski definition) is 1. The molecule has 1 saturated heterocycles. The third kappa shape index (κ3) is 3.30. The topological polar surface area (TPSA) is 62.6 Å². The van der Waals surface area contributed by atoms with E-state index in [0.29, 0.717) is 19.5 Å². The summed E-state index contributed by atoms with van der Waals surface area (Å²) in [6, 6.07) is 9.94. The highest BCUT2D eigenvalue weighted by Crippen LogP contribution is 2.23. The first-order valence-corrected chi connectivity index (χ1v) is 8.67. The lowest BCUT2D eigenvalue weighted by Gasteiger charge is -2.26. The lowest BCUT2D eigenvalue weighted by molar-refractivity contribution is -0.130. The third-order valence-electron chi connectivity index (χ3n) is 4.83. The predicted molar refractivity (Wildman–Crippen MR) is 92.3 cm³/mol. The summed E-state index contributed by atoms with van der Waals surface area (Å²) in [6.07, 6.45) is 2.16. The maximum absolute atomic E-state index is 12.4. The van der Waals surface area contributed by atoms with E-state index in [9.17, 15) is 9.59 Å². The second-order valence-corrected chi connectivity index (χ2v) is 6.39. The number of para-hydroxylation sites is 1. The van der Waals surface area contributed by atoms with Crippen molar-refractivity contribution < 1.29 is 14.0 Å². The number of nitrogens with one attached hydrogen (secondary N) is 1. The summed E-state index contributed by atoms with van der Waals surface area (Å²) in [5, 5.41) is 3.93. The molecule has 1 atom stereocenters. The van der Waals surface area contributed by atoms with Gasteiger partial charge in [0.15, 0.2) is 0 Å². The van der Waals surface area contributed by atoms with Gasteiger partial charge in [-0.05, 0) is 25.0 Å². The first-order valence-electron chi connectivity index (χ1n) is 8.67. The highest BCUT2D eigenvalue weighted by atomic mass is 16.3. The van der Waals surface area contributed by atoms with Gasteiger partial charge in [-0.25, -0.2) is 0 Å². The number of likely N-dealkylation sites (tertiary alicyclic amines) is 1. The van der Waals surface area contributed by atoms with Crippen molar-refractivity contribution in [2.45, 2.75) is 45.7 Å². The molecule has 0 saturated carbocycles. The summed E-state index contributed by atoms with van der Waals surface area (Å²) in [5.41, 5.74) is 0.817. The molecule has 1 aromatic carbocycles. The third-order valence-corrected chi connectivity index (χ3v) is 4.83. The average Bonchev–Trinajstić information content (AvgIpc) is 3.17. The molecule has 1 fully saturated rings. The summed E-state index contributed by atoms with van der Waals surface area (Å²) < 4.78 is 5.70. The molecule has 24 heavy (non-hydrogen) atoms. The molecule has 1 aromatic heterocycles. The minimum absolute atomic E-state index is 0.0720. The second-order valence-electron chi connectivity index (χ2n) is 6.39. The summed E-state index contributed by atoms with van der Waals surface area (Å²) >= 11 is 0. The van der Waals surface area contributed by atoms with Gasteiger partial charge in [0, 0.05) is 24.4 Å². The molecular weight excluding hydrogens is 304 g/mol. The number of hydrogen-bond acceptors (Lipinski definition) is 3. The van der Waals surface area contributed by atoms with Gasteiger partial charge >= 0.3 is 0 Å². The Bertz CT molecular complexity index is 700. The average molecular weight is 328 g/mol. The maximum Gasteiger partial charge on any atom is 0.225 e. The van der Waals surface area contributed by atoms with Crippen molar-refractivity contribution in [3.8, 4) is 0 Å². The fraction of sp³-hybridized carbons (Fsp3) is 0.474. The Labute approximate surface area is 142 Å². The number of fused-ring (bicyclic) bond motifs is 1. The predicted octanol–water partition coefficient (Wildman–Crippen LogP) is 3.09. The smallest absolute Gasteiger partial charge is 0.225 e. The summed E-state index contributed by atoms with van der Waals surface area (Å²) in [6.45, 7) is 5.03. The van der Waals surface area contributed by atoms with Gasteiger partial charge in [-0.15, -0.1) is 0 Å². The largest absolute Gasteiger partial charge is 0.459 e. The van der Waals surface area contributed by atoms with E-state index in [1.165, 1.54) is 0 Å². The Morgan fingerprint density at radius 2 is 2.08 bits per heavy atom. The lowest BCUT2D eigenvalue weighted by Crippen LogP contribution is -2.37. The Balaban J connectivity index is 1.58. The van der Waals surface area contributed by atoms with Crippen molar-refractivity contribution in [3.63, 3.8) is 0 Å². The van der Waals surface area contributed by atoms with Crippen LogP contribution in [0.25, 0.3) is 11.0 Å². The van der Waals surface area contributed by atoms with Gasteiger partial charge in [0.1, 0.15) is 11.3 Å². The van der Waals surface area contributed by atoms with Crippen LogP contribution < -0.4 is 5.32 Å². The number of carbonyl (C=O) groups excluding carboxylic acids is 2. The Hall–Kier alpha value is -2.30. The van der Waals surface area contributed by atoms with E-state index in [1.807, 2.05) is 35.2 Å². The summed E-state index contributed by atoms with van der Waals surface area (Å²) in [5.74, 6) is 0.484. The van der Waals surface area contributed by atoms with E-state index in [2.05, 4.69) is 19.2 Å². The van der Waals surface area contributed by atoms with Crippen LogP contribution >= 0.6 is 0 Å². The van der Waals surface area contributed by atoms with Crippen LogP contribution in [0.4, 0.5) is 0 Å². The maximum atomic E-state index is 12.4. The molecule has 0 bridgehead atoms. The minimum Gasteiger partial charge on any atom is -0.459 e. The molecule has 5 heteroatoms. The van der Waals surface area contributed by atoms with Crippen LogP contribution in [0.2, 0.25) is 0 Å². The van der Waals surface area contributed by atoms with E-state index in [-0.39, 0.29) is 23.8 Å². The van der Waals surface area contributed by atoms with E-state index >= 15 is 0 Å². The molecule has 2 amide bonds. The summed E-state index contributed by atoms with van der Waals surface area (Å²) in [7, 11) is 0. The van der Waals surface area contributed by atoms with Crippen LogP contribution in [0.1, 0.15) is 38.9 Å². The SMILES string of the molecule is CCC(CC)N1CC(C(=O)NCc2cc3ccccc3o2)CC1=O. The van der Waals surface area contributed by atoms with E-state index < -0.39 is 0 Å². The molecule has 2 heterocycles. The standard InChI is InChI=1S/C19H24N2O3/c1-3-15(4-2)21-12-14(10-18(21)22)19(23)20-11-16-9-13-7-5-6-8-17(13)24-16/h5-9,14-15H,3-4,10-12H2,1-2H3,(H,20,23). The van der Waals surface area contributed by atoms with Crippen LogP contribution in [0.3, 0.4) is 0 Å². The zero-order valence-corrected chi connectivity index (χ0v) is 14.2. The molecule has 1 N–H and O–H groups in total. The number of benzene rings is 1. The van der Waals surface area contributed by atoms with E-state index in [1.54, 1.807) is 0 Å². The number of amides is 2. The molecule has 1 aliphatic rings. The number of furan rings is 1. The van der Waals surface area contributed by atoms with Crippen molar-refractivity contribution in [2.75, 3.05) is 6.54 Å². The molecular formula is C19H24N2O3. The van der Waals surface area contributed by atoms with Crippen LogP contribution in [0.15, 0.2) is 34.7 Å². The normalized spacial score (nSPS) is 17.9. The first kappa shape index (κ1) is 16.6. The molecule has 0 radical (unpaired) electrons. The summed E-state index contributed by atoms with van der Waals surface area (Å²) in [4.78, 5) is 26.4. The zero-order valence-electron chi connectivity index (χ0n) is 14.2. The van der Waals surface area contributed by atoms with Crippen LogP contribution in [-0.4, -0.2) is 29.3 Å². The van der Waals surface area contributed by atoms with Gasteiger partial charge < -0.3 is 14.6 Å². The number of nitrogens with zero attached hydrogens (tertiary/aromatic N) is 1. The Morgan fingerprint density at radius 1 is 1.33 bits per heavy atom. The minimum atomic E-state index is -0.262. The second kappa shape index (κ2) is 7.07. The van der Waals surface area contributed by atoms with Gasteiger partial charge in [-0.3, -0.25) is 9.59 Å². The van der Waals surface area contributed by atoms with Gasteiger partial charge in [-0.1, -0.05) is 32.0 Å². The van der Waals surface area contributed by atoms with E-state index in [4.69, 9.17) is 4.42 Å². The van der Waals surface area contributed by atoms with Crippen molar-refractivity contribution in [3.05, 3.63) is 36.1 Å². The van der Waals surface area contributed by atoms with Gasteiger partial charge in [0.25, 0.3) is 0 Å². The van der Waals surface area contributed by atoms with E-state index in [0.717, 1.165) is 29.6 Å². The fourth-order valence-electron chi connectivity index (χ4n) is 3.43. The fourth-order valence-corrected chi connectivity index (χ4v) is 3.43. The molecule has 0 aliphatic carbocycles.